The van der Waals surface area contributed by atoms with Gasteiger partial charge in [0, 0.05) is 25.5 Å². The van der Waals surface area contributed by atoms with Gasteiger partial charge in [0.05, 0.1) is 11.1 Å². The summed E-state index contributed by atoms with van der Waals surface area (Å²) in [6, 6.07) is 6.20. The number of thioether (sulfide) groups is 1. The van der Waals surface area contributed by atoms with Gasteiger partial charge >= 0.3 is 6.18 Å². The van der Waals surface area contributed by atoms with Gasteiger partial charge in [0.25, 0.3) is 0 Å². The van der Waals surface area contributed by atoms with Gasteiger partial charge in [-0.25, -0.2) is 4.39 Å². The number of halogens is 4. The largest absolute Gasteiger partial charge is 0.416 e. The second-order valence-corrected chi connectivity index (χ2v) is 10.8. The van der Waals surface area contributed by atoms with Crippen molar-refractivity contribution in [1.29, 1.82) is 0 Å². The second-order valence-electron chi connectivity index (χ2n) is 9.74. The lowest BCUT2D eigenvalue weighted by Gasteiger charge is -2.16. The highest BCUT2D eigenvalue weighted by Gasteiger charge is 2.58. The van der Waals surface area contributed by atoms with Crippen molar-refractivity contribution < 1.29 is 22.4 Å². The van der Waals surface area contributed by atoms with Gasteiger partial charge < -0.3 is 15.2 Å². The number of pyridine rings is 1. The predicted octanol–water partition coefficient (Wildman–Crippen LogP) is 4.50. The maximum Gasteiger partial charge on any atom is 0.416 e. The Morgan fingerprint density at radius 2 is 2.05 bits per heavy atom. The van der Waals surface area contributed by atoms with E-state index >= 15 is 0 Å². The van der Waals surface area contributed by atoms with Crippen molar-refractivity contribution in [3.8, 4) is 11.5 Å². The Morgan fingerprint density at radius 3 is 2.73 bits per heavy atom. The molecule has 1 spiro atoms. The second kappa shape index (κ2) is 9.71. The molecule has 2 atom stereocenters. The van der Waals surface area contributed by atoms with Crippen molar-refractivity contribution in [2.75, 3.05) is 25.4 Å². The number of nitrogens with zero attached hydrogens (tertiary/aromatic N) is 5. The van der Waals surface area contributed by atoms with E-state index in [4.69, 9.17) is 5.73 Å². The molecule has 196 valence electrons. The zero-order valence-electron chi connectivity index (χ0n) is 20.1. The van der Waals surface area contributed by atoms with E-state index in [1.807, 2.05) is 11.6 Å². The van der Waals surface area contributed by atoms with Crippen molar-refractivity contribution in [3.05, 3.63) is 59.0 Å². The first-order chi connectivity index (χ1) is 17.6. The number of aromatic nitrogens is 4. The molecule has 12 heteroatoms. The maximum absolute atomic E-state index is 14.5. The van der Waals surface area contributed by atoms with Crippen LogP contribution >= 0.6 is 11.8 Å². The molecule has 5 rings (SSSR count). The van der Waals surface area contributed by atoms with Crippen LogP contribution in [0.4, 0.5) is 17.6 Å². The topological polar surface area (TPSA) is 89.9 Å². The Labute approximate surface area is 215 Å². The quantitative estimate of drug-likeness (QED) is 0.260. The number of likely N-dealkylation sites (tertiary alicyclic amines) is 1. The van der Waals surface area contributed by atoms with Crippen LogP contribution in [0.25, 0.3) is 11.5 Å². The summed E-state index contributed by atoms with van der Waals surface area (Å²) in [7, 11) is 1.86. The minimum atomic E-state index is -4.54. The summed E-state index contributed by atoms with van der Waals surface area (Å²) in [6.45, 7) is 2.63. The molecular formula is C25H26F4N6OS. The van der Waals surface area contributed by atoms with Gasteiger partial charge in [-0.2, -0.15) is 13.2 Å². The standard InChI is InChI=1S/C25H26F4N6OS/c1-34-22(20-6-3-15(13-31-20)21(30)36)32-33-23(34)37-10-2-8-35-9-7-24(14-35)12-18(24)17-5-4-16(11-19(17)26)25(27,28)29/h3-6,11,13,18H,2,7-10,12,14H2,1H3,(H2,30,36)/t18-,24+/m1/s1. The number of carbonyl (C=O) groups is 1. The molecule has 3 aromatic rings. The predicted molar refractivity (Wildman–Crippen MR) is 130 cm³/mol. The van der Waals surface area contributed by atoms with Crippen LogP contribution in [-0.2, 0) is 13.2 Å². The van der Waals surface area contributed by atoms with Crippen molar-refractivity contribution in [2.45, 2.75) is 36.5 Å². The van der Waals surface area contributed by atoms with Crippen molar-refractivity contribution in [2.24, 2.45) is 18.2 Å². The minimum Gasteiger partial charge on any atom is -0.366 e. The average Bonchev–Trinajstić information content (AvgIpc) is 3.18. The highest BCUT2D eigenvalue weighted by molar-refractivity contribution is 7.99. The summed E-state index contributed by atoms with van der Waals surface area (Å²) in [5.74, 6) is 0.113. The summed E-state index contributed by atoms with van der Waals surface area (Å²) in [5, 5.41) is 9.22. The molecule has 7 nitrogen and oxygen atoms in total. The molecular weight excluding hydrogens is 508 g/mol. The van der Waals surface area contributed by atoms with Crippen LogP contribution in [-0.4, -0.2) is 55.9 Å². The van der Waals surface area contributed by atoms with E-state index in [1.165, 1.54) is 12.3 Å². The Hall–Kier alpha value is -2.99. The number of amides is 1. The first-order valence-electron chi connectivity index (χ1n) is 11.9. The summed E-state index contributed by atoms with van der Waals surface area (Å²) < 4.78 is 54.9. The lowest BCUT2D eigenvalue weighted by molar-refractivity contribution is -0.137. The lowest BCUT2D eigenvalue weighted by Crippen LogP contribution is -2.23. The van der Waals surface area contributed by atoms with Crippen molar-refractivity contribution >= 4 is 17.7 Å². The summed E-state index contributed by atoms with van der Waals surface area (Å²) in [5.41, 5.74) is 5.61. The summed E-state index contributed by atoms with van der Waals surface area (Å²) in [4.78, 5) is 17.8. The Kier molecular flexibility index (Phi) is 6.73. The van der Waals surface area contributed by atoms with Gasteiger partial charge in [-0.15, -0.1) is 10.2 Å². The average molecular weight is 535 g/mol. The van der Waals surface area contributed by atoms with E-state index in [0.29, 0.717) is 28.7 Å². The first-order valence-corrected chi connectivity index (χ1v) is 12.9. The van der Waals surface area contributed by atoms with Crippen LogP contribution < -0.4 is 5.73 Å². The van der Waals surface area contributed by atoms with E-state index in [0.717, 1.165) is 55.9 Å². The molecule has 2 N–H and O–H groups in total. The molecule has 2 aromatic heterocycles. The van der Waals surface area contributed by atoms with Crippen LogP contribution in [0.1, 0.15) is 46.7 Å². The third kappa shape index (κ3) is 5.22. The fourth-order valence-electron chi connectivity index (χ4n) is 5.19. The number of primary amides is 1. The number of nitrogens with two attached hydrogens (primary N) is 1. The van der Waals surface area contributed by atoms with E-state index in [-0.39, 0.29) is 11.3 Å². The molecule has 1 saturated carbocycles. The highest BCUT2D eigenvalue weighted by atomic mass is 32.2. The molecule has 1 aromatic carbocycles. The molecule has 1 amide bonds. The molecule has 0 bridgehead atoms. The van der Waals surface area contributed by atoms with Gasteiger partial charge in [0.1, 0.15) is 11.5 Å². The first kappa shape index (κ1) is 25.7. The molecule has 37 heavy (non-hydrogen) atoms. The van der Waals surface area contributed by atoms with Crippen LogP contribution in [0.15, 0.2) is 41.7 Å². The van der Waals surface area contributed by atoms with Gasteiger partial charge in [0.15, 0.2) is 11.0 Å². The maximum atomic E-state index is 14.5. The fraction of sp³-hybridized carbons (Fsp3) is 0.440. The van der Waals surface area contributed by atoms with Crippen LogP contribution in [0.3, 0.4) is 0 Å². The third-order valence-electron chi connectivity index (χ3n) is 7.32. The lowest BCUT2D eigenvalue weighted by atomic mass is 9.97. The third-order valence-corrected chi connectivity index (χ3v) is 8.43. The molecule has 1 aliphatic heterocycles. The zero-order valence-corrected chi connectivity index (χ0v) is 20.9. The van der Waals surface area contributed by atoms with Crippen LogP contribution in [0.5, 0.6) is 0 Å². The Morgan fingerprint density at radius 1 is 1.24 bits per heavy atom. The van der Waals surface area contributed by atoms with E-state index in [2.05, 4.69) is 20.1 Å². The number of carbonyl (C=O) groups excluding carboxylic acids is 1. The van der Waals surface area contributed by atoms with Gasteiger partial charge in [-0.1, -0.05) is 17.8 Å². The number of hydrogen-bond donors (Lipinski definition) is 1. The molecule has 2 aliphatic rings. The van der Waals surface area contributed by atoms with Crippen molar-refractivity contribution in [1.82, 2.24) is 24.6 Å². The van der Waals surface area contributed by atoms with E-state index < -0.39 is 23.5 Å². The molecule has 3 heterocycles. The number of rotatable bonds is 8. The highest BCUT2D eigenvalue weighted by Crippen LogP contribution is 2.64. The smallest absolute Gasteiger partial charge is 0.366 e. The number of hydrogen-bond acceptors (Lipinski definition) is 6. The monoisotopic (exact) mass is 534 g/mol. The Balaban J connectivity index is 1.10. The molecule has 2 fully saturated rings. The van der Waals surface area contributed by atoms with E-state index in [1.54, 1.807) is 23.9 Å². The molecule has 0 radical (unpaired) electrons. The normalized spacial score (nSPS) is 21.6. The van der Waals surface area contributed by atoms with Crippen molar-refractivity contribution in [3.63, 3.8) is 0 Å². The number of alkyl halides is 3. The summed E-state index contributed by atoms with van der Waals surface area (Å²) >= 11 is 1.59. The van der Waals surface area contributed by atoms with E-state index in [9.17, 15) is 22.4 Å². The zero-order chi connectivity index (χ0) is 26.4. The SMILES string of the molecule is Cn1c(SCCCN2CC[C@]3(C[C@@H]3c3ccc(C(F)(F)F)cc3F)C2)nnc1-c1ccc(C(N)=O)cn1. The number of benzene rings is 1. The Bertz CT molecular complexity index is 1310. The van der Waals surface area contributed by atoms with Crippen LogP contribution in [0.2, 0.25) is 0 Å². The minimum absolute atomic E-state index is 0.0168. The van der Waals surface area contributed by atoms with Gasteiger partial charge in [-0.05, 0) is 73.5 Å². The molecule has 0 unspecified atom stereocenters. The van der Waals surface area contributed by atoms with Crippen LogP contribution in [0, 0.1) is 11.2 Å². The molecule has 1 saturated heterocycles. The molecule has 1 aliphatic carbocycles. The van der Waals surface area contributed by atoms with Gasteiger partial charge in [-0.3, -0.25) is 9.78 Å². The van der Waals surface area contributed by atoms with Gasteiger partial charge in [0.2, 0.25) is 5.91 Å². The summed E-state index contributed by atoms with van der Waals surface area (Å²) in [6.07, 6.45) is -0.452. The fourth-order valence-corrected chi connectivity index (χ4v) is 6.02.